The molecule has 0 aliphatic carbocycles. The molecular weight excluding hydrogens is 352 g/mol. The maximum Gasteiger partial charge on any atom is 0.244 e. The molecule has 160 valence electrons. The van der Waals surface area contributed by atoms with Gasteiger partial charge in [0.1, 0.15) is 0 Å². The summed E-state index contributed by atoms with van der Waals surface area (Å²) in [4.78, 5) is 9.17. The zero-order chi connectivity index (χ0) is 20.6. The second-order valence-electron chi connectivity index (χ2n) is 8.73. The van der Waals surface area contributed by atoms with Crippen LogP contribution in [0.15, 0.2) is 40.3 Å². The molecular formula is C27H43N2+. The molecule has 1 aliphatic rings. The Kier molecular flexibility index (Phi) is 12.5. The minimum atomic E-state index is 0.494. The first kappa shape index (κ1) is 23.7. The largest absolute Gasteiger partial charge is 0.244 e. The van der Waals surface area contributed by atoms with Gasteiger partial charge in [0.25, 0.3) is 0 Å². The fourth-order valence-electron chi connectivity index (χ4n) is 4.59. The molecule has 0 fully saturated rings. The molecule has 1 aromatic rings. The first-order valence-corrected chi connectivity index (χ1v) is 12.3. The third kappa shape index (κ3) is 9.65. The molecule has 2 nitrogen and oxygen atoms in total. The Morgan fingerprint density at radius 1 is 0.690 bits per heavy atom. The van der Waals surface area contributed by atoms with E-state index in [0.717, 1.165) is 12.6 Å². The number of unbranched alkanes of at least 4 members (excludes halogenated alkanes) is 9. The number of hydrogen-bond acceptors (Lipinski definition) is 2. The van der Waals surface area contributed by atoms with E-state index in [9.17, 15) is 0 Å². The van der Waals surface area contributed by atoms with Gasteiger partial charge in [0.2, 0.25) is 6.17 Å². The normalized spacial score (nSPS) is 15.2. The molecule has 1 aromatic carbocycles. The van der Waals surface area contributed by atoms with Crippen LogP contribution in [0.5, 0.6) is 0 Å². The van der Waals surface area contributed by atoms with Gasteiger partial charge in [-0.1, -0.05) is 125 Å². The van der Waals surface area contributed by atoms with E-state index in [2.05, 4.69) is 54.2 Å². The molecule has 0 bridgehead atoms. The zero-order valence-electron chi connectivity index (χ0n) is 19.0. The van der Waals surface area contributed by atoms with Crippen LogP contribution in [0.2, 0.25) is 0 Å². The van der Waals surface area contributed by atoms with Crippen molar-refractivity contribution in [1.82, 2.24) is 0 Å². The Labute approximate surface area is 180 Å². The lowest BCUT2D eigenvalue weighted by Crippen LogP contribution is -2.22. The van der Waals surface area contributed by atoms with Gasteiger partial charge in [-0.2, -0.15) is 0 Å². The summed E-state index contributed by atoms with van der Waals surface area (Å²) in [6, 6.07) is 11.0. The van der Waals surface area contributed by atoms with Crippen molar-refractivity contribution in [3.05, 3.63) is 42.1 Å². The van der Waals surface area contributed by atoms with Crippen LogP contribution in [-0.4, -0.2) is 12.4 Å². The minimum Gasteiger partial charge on any atom is -0.0965 e. The molecule has 2 unspecified atom stereocenters. The van der Waals surface area contributed by atoms with Gasteiger partial charge in [0.05, 0.1) is 5.92 Å². The summed E-state index contributed by atoms with van der Waals surface area (Å²) in [5.74, 6) is 1.14. The van der Waals surface area contributed by atoms with Crippen LogP contribution in [-0.2, 0) is 6.42 Å². The predicted molar refractivity (Wildman–Crippen MR) is 129 cm³/mol. The van der Waals surface area contributed by atoms with Crippen molar-refractivity contribution in [2.45, 2.75) is 104 Å². The van der Waals surface area contributed by atoms with Gasteiger partial charge in [-0.3, -0.25) is 0 Å². The standard InChI is InChI=1S/C27H43N2/c1-3-5-6-7-8-9-10-11-12-16-20-25(23-24-18-14-13-15-19-24)26(17-4-2)27-28-21-22-29-27/h13-15,18-19,21-22,25-26H,3-12,16-17,20,23H2,1-2H3/q+1. The van der Waals surface area contributed by atoms with Crippen LogP contribution in [0.25, 0.3) is 0 Å². The van der Waals surface area contributed by atoms with Gasteiger partial charge in [-0.15, -0.1) is 0 Å². The summed E-state index contributed by atoms with van der Waals surface area (Å²) in [5.41, 5.74) is 1.46. The Balaban J connectivity index is 1.77. The second kappa shape index (κ2) is 15.3. The van der Waals surface area contributed by atoms with E-state index < -0.39 is 0 Å². The van der Waals surface area contributed by atoms with Gasteiger partial charge < -0.3 is 0 Å². The maximum absolute atomic E-state index is 4.59. The monoisotopic (exact) mass is 395 g/mol. The van der Waals surface area contributed by atoms with Crippen LogP contribution in [0.1, 0.15) is 103 Å². The van der Waals surface area contributed by atoms with Crippen LogP contribution in [0.3, 0.4) is 0 Å². The van der Waals surface area contributed by atoms with E-state index in [4.69, 9.17) is 0 Å². The van der Waals surface area contributed by atoms with Crippen molar-refractivity contribution in [2.75, 3.05) is 0 Å². The highest BCUT2D eigenvalue weighted by Crippen LogP contribution is 2.36. The quantitative estimate of drug-likeness (QED) is 0.187. The average Bonchev–Trinajstić information content (AvgIpc) is 3.28. The van der Waals surface area contributed by atoms with Crippen molar-refractivity contribution in [3.63, 3.8) is 0 Å². The maximum atomic E-state index is 4.59. The van der Waals surface area contributed by atoms with Gasteiger partial charge in [-0.05, 0) is 30.7 Å². The first-order valence-electron chi connectivity index (χ1n) is 12.3. The molecule has 0 spiro atoms. The van der Waals surface area contributed by atoms with E-state index in [-0.39, 0.29) is 0 Å². The lowest BCUT2D eigenvalue weighted by Gasteiger charge is -2.25. The Morgan fingerprint density at radius 2 is 1.28 bits per heavy atom. The highest BCUT2D eigenvalue weighted by atomic mass is 15.0. The topological polar surface area (TPSA) is 24.7 Å². The molecule has 0 aromatic heterocycles. The third-order valence-electron chi connectivity index (χ3n) is 6.25. The molecule has 0 saturated carbocycles. The predicted octanol–water partition coefficient (Wildman–Crippen LogP) is 8.22. The molecule has 0 N–H and O–H groups in total. The van der Waals surface area contributed by atoms with E-state index in [0.29, 0.717) is 11.8 Å². The van der Waals surface area contributed by atoms with Crippen molar-refractivity contribution in [3.8, 4) is 0 Å². The van der Waals surface area contributed by atoms with Gasteiger partial charge in [0, 0.05) is 0 Å². The van der Waals surface area contributed by atoms with Crippen LogP contribution >= 0.6 is 0 Å². The van der Waals surface area contributed by atoms with Crippen LogP contribution < -0.4 is 0 Å². The zero-order valence-corrected chi connectivity index (χ0v) is 19.0. The number of aliphatic imine (C=N–C) groups is 2. The SMILES string of the molecule is CCCCCCCCCCCCC(Cc1ccccc1)C(CCC)[C+]1N=CC=N1. The minimum absolute atomic E-state index is 0.494. The van der Waals surface area contributed by atoms with Crippen molar-refractivity contribution in [1.29, 1.82) is 0 Å². The molecule has 2 heteroatoms. The third-order valence-corrected chi connectivity index (χ3v) is 6.25. The molecule has 1 aliphatic heterocycles. The smallest absolute Gasteiger partial charge is 0.0965 e. The van der Waals surface area contributed by atoms with Crippen LogP contribution in [0, 0.1) is 18.0 Å². The highest BCUT2D eigenvalue weighted by molar-refractivity contribution is 6.18. The highest BCUT2D eigenvalue weighted by Gasteiger charge is 2.34. The van der Waals surface area contributed by atoms with Crippen molar-refractivity contribution >= 4 is 12.4 Å². The summed E-state index contributed by atoms with van der Waals surface area (Å²) in [6.07, 6.45) is 23.6. The van der Waals surface area contributed by atoms with E-state index in [1.54, 1.807) is 0 Å². The number of rotatable bonds is 17. The Morgan fingerprint density at radius 3 is 1.86 bits per heavy atom. The van der Waals surface area contributed by atoms with Crippen molar-refractivity contribution in [2.24, 2.45) is 21.8 Å². The molecule has 2 atom stereocenters. The number of benzene rings is 1. The average molecular weight is 396 g/mol. The van der Waals surface area contributed by atoms with Crippen LogP contribution in [0.4, 0.5) is 0 Å². The summed E-state index contributed by atoms with van der Waals surface area (Å²) in [5, 5.41) is 0. The molecule has 2 rings (SSSR count). The molecule has 0 amide bonds. The lowest BCUT2D eigenvalue weighted by atomic mass is 9.79. The van der Waals surface area contributed by atoms with E-state index >= 15 is 0 Å². The molecule has 0 saturated heterocycles. The summed E-state index contributed by atoms with van der Waals surface area (Å²) < 4.78 is 0. The molecule has 0 radical (unpaired) electrons. The summed E-state index contributed by atoms with van der Waals surface area (Å²) in [6.45, 7) is 4.58. The summed E-state index contributed by atoms with van der Waals surface area (Å²) in [7, 11) is 0. The Hall–Kier alpha value is -1.57. The van der Waals surface area contributed by atoms with Gasteiger partial charge in [-0.25, -0.2) is 0 Å². The van der Waals surface area contributed by atoms with Crippen molar-refractivity contribution < 1.29 is 0 Å². The lowest BCUT2D eigenvalue weighted by molar-refractivity contribution is 0.290. The molecule has 29 heavy (non-hydrogen) atoms. The number of nitrogens with zero attached hydrogens (tertiary/aromatic N) is 2. The Bertz CT molecular complexity index is 551. The fraction of sp³-hybridized carbons (Fsp3) is 0.667. The van der Waals surface area contributed by atoms with Gasteiger partial charge >= 0.3 is 0 Å². The van der Waals surface area contributed by atoms with Gasteiger partial charge in [0.15, 0.2) is 12.4 Å². The van der Waals surface area contributed by atoms with E-state index in [1.807, 2.05) is 12.4 Å². The second-order valence-corrected chi connectivity index (χ2v) is 8.73. The molecule has 1 heterocycles. The fourth-order valence-corrected chi connectivity index (χ4v) is 4.59. The number of hydrogen-bond donors (Lipinski definition) is 0. The van der Waals surface area contributed by atoms with E-state index in [1.165, 1.54) is 89.0 Å². The summed E-state index contributed by atoms with van der Waals surface area (Å²) >= 11 is 0. The first-order chi connectivity index (χ1) is 14.3.